The van der Waals surface area contributed by atoms with Gasteiger partial charge in [0.2, 0.25) is 0 Å². The third-order valence-electron chi connectivity index (χ3n) is 5.51. The molecule has 4 heteroatoms. The summed E-state index contributed by atoms with van der Waals surface area (Å²) < 4.78 is 7.56. The second-order valence-corrected chi connectivity index (χ2v) is 7.31. The summed E-state index contributed by atoms with van der Waals surface area (Å²) in [6.07, 6.45) is 2.04. The average molecular weight is 362 g/mol. The standard InChI is InChI=1S/C23H26N2O2/c1-4-27-19-10-8-17(9-11-19)21-6-5-13-25(21)23(26)22-15-18-14-16(2)7-12-20(18)24(22)3/h7-12,14-15,21H,4-6,13H2,1-3H3/t21-/m1/s1. The molecule has 1 saturated heterocycles. The zero-order valence-corrected chi connectivity index (χ0v) is 16.2. The minimum atomic E-state index is 0.114. The van der Waals surface area contributed by atoms with Crippen LogP contribution < -0.4 is 4.74 Å². The fourth-order valence-electron chi connectivity index (χ4n) is 4.13. The maximum atomic E-state index is 13.4. The number of carbonyl (C=O) groups excluding carboxylic acids is 1. The number of ether oxygens (including phenoxy) is 1. The number of likely N-dealkylation sites (tertiary alicyclic amines) is 1. The van der Waals surface area contributed by atoms with Crippen molar-refractivity contribution in [2.45, 2.75) is 32.7 Å². The largest absolute Gasteiger partial charge is 0.494 e. The summed E-state index contributed by atoms with van der Waals surface area (Å²) in [5.41, 5.74) is 4.24. The van der Waals surface area contributed by atoms with Crippen LogP contribution in [-0.4, -0.2) is 28.5 Å². The molecule has 0 saturated carbocycles. The topological polar surface area (TPSA) is 34.5 Å². The maximum absolute atomic E-state index is 13.4. The van der Waals surface area contributed by atoms with E-state index in [0.717, 1.165) is 41.7 Å². The van der Waals surface area contributed by atoms with Gasteiger partial charge in [-0.2, -0.15) is 0 Å². The van der Waals surface area contributed by atoms with E-state index in [-0.39, 0.29) is 11.9 Å². The summed E-state index contributed by atoms with van der Waals surface area (Å²) in [7, 11) is 1.98. The summed E-state index contributed by atoms with van der Waals surface area (Å²) in [6, 6.07) is 16.7. The van der Waals surface area contributed by atoms with Gasteiger partial charge in [0.15, 0.2) is 0 Å². The average Bonchev–Trinajstić information content (AvgIpc) is 3.27. The fraction of sp³-hybridized carbons (Fsp3) is 0.348. The Morgan fingerprint density at radius 1 is 1.15 bits per heavy atom. The lowest BCUT2D eigenvalue weighted by atomic mass is 10.0. The van der Waals surface area contributed by atoms with Gasteiger partial charge in [-0.1, -0.05) is 23.8 Å². The zero-order chi connectivity index (χ0) is 19.0. The van der Waals surface area contributed by atoms with Crippen molar-refractivity contribution in [1.29, 1.82) is 0 Å². The van der Waals surface area contributed by atoms with Crippen molar-refractivity contribution in [3.05, 3.63) is 65.4 Å². The Balaban J connectivity index is 1.63. The van der Waals surface area contributed by atoms with Gasteiger partial charge in [-0.3, -0.25) is 4.79 Å². The summed E-state index contributed by atoms with van der Waals surface area (Å²) in [5.74, 6) is 0.990. The van der Waals surface area contributed by atoms with E-state index < -0.39 is 0 Å². The van der Waals surface area contributed by atoms with Crippen LogP contribution in [0.25, 0.3) is 10.9 Å². The second kappa shape index (κ2) is 7.10. The third kappa shape index (κ3) is 3.20. The molecular formula is C23H26N2O2. The molecule has 1 aliphatic rings. The molecule has 0 bridgehead atoms. The molecule has 0 radical (unpaired) electrons. The van der Waals surface area contributed by atoms with Gasteiger partial charge in [0.05, 0.1) is 12.6 Å². The molecule has 1 aliphatic heterocycles. The van der Waals surface area contributed by atoms with E-state index in [1.807, 2.05) is 41.6 Å². The molecule has 0 unspecified atom stereocenters. The van der Waals surface area contributed by atoms with E-state index in [9.17, 15) is 4.79 Å². The molecular weight excluding hydrogens is 336 g/mol. The lowest BCUT2D eigenvalue weighted by Gasteiger charge is -2.25. The van der Waals surface area contributed by atoms with Crippen LogP contribution in [-0.2, 0) is 7.05 Å². The number of rotatable bonds is 4. The molecule has 140 valence electrons. The minimum absolute atomic E-state index is 0.114. The number of fused-ring (bicyclic) bond motifs is 1. The fourth-order valence-corrected chi connectivity index (χ4v) is 4.13. The highest BCUT2D eigenvalue weighted by molar-refractivity contribution is 5.99. The van der Waals surface area contributed by atoms with Crippen molar-refractivity contribution in [2.75, 3.05) is 13.2 Å². The van der Waals surface area contributed by atoms with Gasteiger partial charge in [-0.15, -0.1) is 0 Å². The van der Waals surface area contributed by atoms with Gasteiger partial charge in [-0.05, 0) is 62.6 Å². The van der Waals surface area contributed by atoms with Gasteiger partial charge >= 0.3 is 0 Å². The number of hydrogen-bond acceptors (Lipinski definition) is 2. The van der Waals surface area contributed by atoms with Gasteiger partial charge in [-0.25, -0.2) is 0 Å². The first-order chi connectivity index (χ1) is 13.1. The first kappa shape index (κ1) is 17.7. The Labute approximate surface area is 160 Å². The van der Waals surface area contributed by atoms with E-state index in [2.05, 4.69) is 37.3 Å². The van der Waals surface area contributed by atoms with Crippen LogP contribution in [0.2, 0.25) is 0 Å². The maximum Gasteiger partial charge on any atom is 0.271 e. The Bertz CT molecular complexity index is 972. The van der Waals surface area contributed by atoms with Crippen molar-refractivity contribution in [3.63, 3.8) is 0 Å². The number of amides is 1. The van der Waals surface area contributed by atoms with Crippen molar-refractivity contribution >= 4 is 16.8 Å². The molecule has 27 heavy (non-hydrogen) atoms. The summed E-state index contributed by atoms with van der Waals surface area (Å²) in [4.78, 5) is 15.4. The van der Waals surface area contributed by atoms with Crippen molar-refractivity contribution in [1.82, 2.24) is 9.47 Å². The highest BCUT2D eigenvalue weighted by Crippen LogP contribution is 2.34. The monoisotopic (exact) mass is 362 g/mol. The van der Waals surface area contributed by atoms with Gasteiger partial charge in [0, 0.05) is 24.5 Å². The number of carbonyl (C=O) groups is 1. The summed E-state index contributed by atoms with van der Waals surface area (Å²) in [6.45, 7) is 5.53. The highest BCUT2D eigenvalue weighted by Gasteiger charge is 2.32. The highest BCUT2D eigenvalue weighted by atomic mass is 16.5. The van der Waals surface area contributed by atoms with E-state index >= 15 is 0 Å². The van der Waals surface area contributed by atoms with Crippen molar-refractivity contribution in [3.8, 4) is 5.75 Å². The molecule has 2 heterocycles. The van der Waals surface area contributed by atoms with Gasteiger partial charge < -0.3 is 14.2 Å². The Kier molecular flexibility index (Phi) is 4.65. The normalized spacial score (nSPS) is 16.9. The predicted octanol–water partition coefficient (Wildman–Crippen LogP) is 4.86. The Morgan fingerprint density at radius 2 is 1.93 bits per heavy atom. The summed E-state index contributed by atoms with van der Waals surface area (Å²) >= 11 is 0. The molecule has 2 aromatic carbocycles. The lowest BCUT2D eigenvalue weighted by Crippen LogP contribution is -2.31. The molecule has 0 N–H and O–H groups in total. The van der Waals surface area contributed by atoms with Gasteiger partial charge in [0.25, 0.3) is 5.91 Å². The molecule has 1 amide bonds. The van der Waals surface area contributed by atoms with Crippen LogP contribution in [0.1, 0.15) is 47.4 Å². The van der Waals surface area contributed by atoms with Crippen LogP contribution in [0, 0.1) is 6.92 Å². The Hall–Kier alpha value is -2.75. The molecule has 0 aliphatic carbocycles. The first-order valence-electron chi connectivity index (χ1n) is 9.68. The predicted molar refractivity (Wildman–Crippen MR) is 108 cm³/mol. The van der Waals surface area contributed by atoms with Crippen molar-refractivity contribution in [2.24, 2.45) is 7.05 Å². The van der Waals surface area contributed by atoms with E-state index in [1.54, 1.807) is 0 Å². The number of hydrogen-bond donors (Lipinski definition) is 0. The zero-order valence-electron chi connectivity index (χ0n) is 16.2. The van der Waals surface area contributed by atoms with Crippen LogP contribution in [0.4, 0.5) is 0 Å². The SMILES string of the molecule is CCOc1ccc([C@H]2CCCN2C(=O)c2cc3cc(C)ccc3n2C)cc1. The molecule has 4 nitrogen and oxygen atoms in total. The van der Waals surface area contributed by atoms with Gasteiger partial charge in [0.1, 0.15) is 11.4 Å². The molecule has 1 atom stereocenters. The van der Waals surface area contributed by atoms with Crippen LogP contribution >= 0.6 is 0 Å². The smallest absolute Gasteiger partial charge is 0.271 e. The number of benzene rings is 2. The number of aryl methyl sites for hydroxylation is 2. The number of nitrogens with zero attached hydrogens (tertiary/aromatic N) is 2. The molecule has 1 fully saturated rings. The molecule has 1 aromatic heterocycles. The number of aromatic nitrogens is 1. The lowest BCUT2D eigenvalue weighted by molar-refractivity contribution is 0.0726. The Morgan fingerprint density at radius 3 is 2.67 bits per heavy atom. The second-order valence-electron chi connectivity index (χ2n) is 7.31. The minimum Gasteiger partial charge on any atom is -0.494 e. The van der Waals surface area contributed by atoms with Crippen LogP contribution in [0.5, 0.6) is 5.75 Å². The van der Waals surface area contributed by atoms with E-state index in [0.29, 0.717) is 6.61 Å². The van der Waals surface area contributed by atoms with E-state index in [1.165, 1.54) is 11.1 Å². The van der Waals surface area contributed by atoms with E-state index in [4.69, 9.17) is 4.74 Å². The van der Waals surface area contributed by atoms with Crippen molar-refractivity contribution < 1.29 is 9.53 Å². The van der Waals surface area contributed by atoms with Crippen LogP contribution in [0.3, 0.4) is 0 Å². The summed E-state index contributed by atoms with van der Waals surface area (Å²) in [5, 5.41) is 1.12. The molecule has 3 aromatic rings. The molecule has 4 rings (SSSR count). The first-order valence-corrected chi connectivity index (χ1v) is 9.68. The molecule has 0 spiro atoms. The third-order valence-corrected chi connectivity index (χ3v) is 5.51. The quantitative estimate of drug-likeness (QED) is 0.664. The van der Waals surface area contributed by atoms with Crippen LogP contribution in [0.15, 0.2) is 48.5 Å².